The Hall–Kier alpha value is -0.333. The maximum absolute atomic E-state index is 9.04. The maximum atomic E-state index is 9.04. The molecule has 0 bridgehead atoms. The van der Waals surface area contributed by atoms with Gasteiger partial charge in [-0.25, -0.2) is 0 Å². The molecular weight excluding hydrogens is 178 g/mol. The van der Waals surface area contributed by atoms with Crippen LogP contribution in [-0.2, 0) is 4.43 Å². The van der Waals surface area contributed by atoms with Gasteiger partial charge >= 0.3 is 0 Å². The van der Waals surface area contributed by atoms with Gasteiger partial charge in [0, 0.05) is 0 Å². The number of nitriles is 1. The first kappa shape index (κ1) is 12.7. The molecule has 2 nitrogen and oxygen atoms in total. The van der Waals surface area contributed by atoms with Crippen molar-refractivity contribution in [2.24, 2.45) is 5.92 Å². The molecule has 0 amide bonds. The quantitative estimate of drug-likeness (QED) is 0.652. The zero-order valence-corrected chi connectivity index (χ0v) is 10.6. The van der Waals surface area contributed by atoms with Crippen LogP contribution in [0.15, 0.2) is 0 Å². The fourth-order valence-corrected chi connectivity index (χ4v) is 3.05. The van der Waals surface area contributed by atoms with Crippen molar-refractivity contribution < 1.29 is 4.43 Å². The summed E-state index contributed by atoms with van der Waals surface area (Å²) in [6.45, 7) is 12.5. The van der Waals surface area contributed by atoms with Crippen molar-refractivity contribution in [3.63, 3.8) is 0 Å². The molecule has 0 rings (SSSR count). The Morgan fingerprint density at radius 3 is 2.08 bits per heavy atom. The molecule has 0 saturated heterocycles. The number of hydrogen-bond acceptors (Lipinski definition) is 2. The Morgan fingerprint density at radius 1 is 1.38 bits per heavy atom. The van der Waals surface area contributed by atoms with E-state index in [0.29, 0.717) is 5.92 Å². The van der Waals surface area contributed by atoms with Crippen LogP contribution < -0.4 is 0 Å². The number of hydrogen-bond donors (Lipinski definition) is 0. The van der Waals surface area contributed by atoms with E-state index in [4.69, 9.17) is 9.69 Å². The van der Waals surface area contributed by atoms with Gasteiger partial charge in [-0.15, -0.1) is 0 Å². The summed E-state index contributed by atoms with van der Waals surface area (Å²) in [6, 6.07) is 2.28. The van der Waals surface area contributed by atoms with Crippen molar-refractivity contribution in [1.82, 2.24) is 0 Å². The van der Waals surface area contributed by atoms with Crippen molar-refractivity contribution in [3.05, 3.63) is 0 Å². The van der Waals surface area contributed by atoms with E-state index in [-0.39, 0.29) is 0 Å². The van der Waals surface area contributed by atoms with E-state index in [1.54, 1.807) is 0 Å². The fraction of sp³-hybridized carbons (Fsp3) is 0.900. The van der Waals surface area contributed by atoms with E-state index in [9.17, 15) is 0 Å². The standard InChI is InChI=1S/C10H21NOSi/c1-9(2)7-10(3,8-11)12-13(4,5)6/h9H,7H2,1-6H3/t10-/m0/s1. The lowest BCUT2D eigenvalue weighted by Gasteiger charge is -2.31. The van der Waals surface area contributed by atoms with Crippen LogP contribution in [0.4, 0.5) is 0 Å². The van der Waals surface area contributed by atoms with Gasteiger partial charge in [0.05, 0.1) is 6.07 Å². The molecule has 0 spiro atoms. The Balaban J connectivity index is 4.40. The van der Waals surface area contributed by atoms with Gasteiger partial charge in [0.15, 0.2) is 8.32 Å². The third kappa shape index (κ3) is 5.84. The van der Waals surface area contributed by atoms with Crippen molar-refractivity contribution in [3.8, 4) is 6.07 Å². The minimum Gasteiger partial charge on any atom is -0.400 e. The van der Waals surface area contributed by atoms with Crippen LogP contribution in [0.25, 0.3) is 0 Å². The summed E-state index contributed by atoms with van der Waals surface area (Å²) in [5.74, 6) is 0.501. The lowest BCUT2D eigenvalue weighted by atomic mass is 9.96. The molecule has 3 heteroatoms. The summed E-state index contributed by atoms with van der Waals surface area (Å²) in [5, 5.41) is 9.04. The smallest absolute Gasteiger partial charge is 0.185 e. The van der Waals surface area contributed by atoms with Gasteiger partial charge in [-0.3, -0.25) is 0 Å². The van der Waals surface area contributed by atoms with E-state index in [1.807, 2.05) is 6.92 Å². The predicted molar refractivity (Wildman–Crippen MR) is 57.9 cm³/mol. The molecule has 0 N–H and O–H groups in total. The molecular formula is C10H21NOSi. The molecule has 0 aromatic carbocycles. The molecule has 13 heavy (non-hydrogen) atoms. The molecule has 0 aromatic rings. The van der Waals surface area contributed by atoms with Crippen molar-refractivity contribution >= 4 is 8.32 Å². The first-order chi connectivity index (χ1) is 5.68. The molecule has 0 fully saturated rings. The van der Waals surface area contributed by atoms with Crippen LogP contribution in [0, 0.1) is 17.2 Å². The van der Waals surface area contributed by atoms with Crippen molar-refractivity contribution in [2.75, 3.05) is 0 Å². The van der Waals surface area contributed by atoms with Crippen LogP contribution in [0.1, 0.15) is 27.2 Å². The molecule has 76 valence electrons. The van der Waals surface area contributed by atoms with Gasteiger partial charge in [0.25, 0.3) is 0 Å². The third-order valence-electron chi connectivity index (χ3n) is 1.57. The first-order valence-electron chi connectivity index (χ1n) is 4.80. The summed E-state index contributed by atoms with van der Waals surface area (Å²) in [4.78, 5) is 0. The molecule has 0 aliphatic heterocycles. The highest BCUT2D eigenvalue weighted by Gasteiger charge is 2.32. The fourth-order valence-electron chi connectivity index (χ4n) is 1.56. The molecule has 0 aliphatic rings. The Labute approximate surface area is 83.0 Å². The van der Waals surface area contributed by atoms with Gasteiger partial charge < -0.3 is 4.43 Å². The van der Waals surface area contributed by atoms with Crippen LogP contribution in [0.3, 0.4) is 0 Å². The second-order valence-corrected chi connectivity index (χ2v) is 9.58. The molecule has 0 radical (unpaired) electrons. The second-order valence-electron chi connectivity index (χ2n) is 5.16. The van der Waals surface area contributed by atoms with Gasteiger partial charge in [0.1, 0.15) is 5.60 Å². The van der Waals surface area contributed by atoms with E-state index >= 15 is 0 Å². The first-order valence-corrected chi connectivity index (χ1v) is 8.21. The van der Waals surface area contributed by atoms with E-state index in [2.05, 4.69) is 39.6 Å². The lowest BCUT2D eigenvalue weighted by molar-refractivity contribution is 0.115. The topological polar surface area (TPSA) is 33.0 Å². The highest BCUT2D eigenvalue weighted by Crippen LogP contribution is 2.24. The van der Waals surface area contributed by atoms with Crippen LogP contribution >= 0.6 is 0 Å². The van der Waals surface area contributed by atoms with Gasteiger partial charge in [0.2, 0.25) is 0 Å². The monoisotopic (exact) mass is 199 g/mol. The lowest BCUT2D eigenvalue weighted by Crippen LogP contribution is -2.40. The van der Waals surface area contributed by atoms with Gasteiger partial charge in [-0.1, -0.05) is 13.8 Å². The Morgan fingerprint density at radius 2 is 1.85 bits per heavy atom. The minimum atomic E-state index is -1.60. The van der Waals surface area contributed by atoms with E-state index in [0.717, 1.165) is 6.42 Å². The summed E-state index contributed by atoms with van der Waals surface area (Å²) in [6.07, 6.45) is 0.813. The highest BCUT2D eigenvalue weighted by atomic mass is 28.4. The van der Waals surface area contributed by atoms with Gasteiger partial charge in [-0.05, 0) is 38.9 Å². The molecule has 0 saturated carbocycles. The third-order valence-corrected chi connectivity index (χ3v) is 2.63. The largest absolute Gasteiger partial charge is 0.400 e. The highest BCUT2D eigenvalue weighted by molar-refractivity contribution is 6.69. The molecule has 0 heterocycles. The molecule has 0 aromatic heterocycles. The predicted octanol–water partition coefficient (Wildman–Crippen LogP) is 3.17. The van der Waals surface area contributed by atoms with Crippen LogP contribution in [-0.4, -0.2) is 13.9 Å². The maximum Gasteiger partial charge on any atom is 0.185 e. The summed E-state index contributed by atoms with van der Waals surface area (Å²) >= 11 is 0. The molecule has 1 atom stereocenters. The van der Waals surface area contributed by atoms with Gasteiger partial charge in [-0.2, -0.15) is 5.26 Å². The average Bonchev–Trinajstić information content (AvgIpc) is 1.81. The Kier molecular flexibility index (Phi) is 4.14. The number of rotatable bonds is 4. The minimum absolute atomic E-state index is 0.501. The zero-order chi connectivity index (χ0) is 10.7. The van der Waals surface area contributed by atoms with Crippen molar-refractivity contribution in [1.29, 1.82) is 5.26 Å². The normalized spacial score (nSPS) is 16.8. The van der Waals surface area contributed by atoms with E-state index < -0.39 is 13.9 Å². The summed E-state index contributed by atoms with van der Waals surface area (Å²) < 4.78 is 5.86. The second kappa shape index (κ2) is 4.25. The van der Waals surface area contributed by atoms with Crippen LogP contribution in [0.5, 0.6) is 0 Å². The Bertz CT molecular complexity index is 202. The molecule has 0 aliphatic carbocycles. The van der Waals surface area contributed by atoms with Crippen LogP contribution in [0.2, 0.25) is 19.6 Å². The summed E-state index contributed by atoms with van der Waals surface area (Å²) in [7, 11) is -1.60. The summed E-state index contributed by atoms with van der Waals surface area (Å²) in [5.41, 5.74) is -0.585. The average molecular weight is 199 g/mol. The molecule has 0 unspecified atom stereocenters. The SMILES string of the molecule is CC(C)C[C@@](C)(C#N)O[Si](C)(C)C. The number of nitrogens with zero attached hydrogens (tertiary/aromatic N) is 1. The van der Waals surface area contributed by atoms with E-state index in [1.165, 1.54) is 0 Å². The zero-order valence-electron chi connectivity index (χ0n) is 9.64. The van der Waals surface area contributed by atoms with Crippen molar-refractivity contribution in [2.45, 2.75) is 52.4 Å².